The summed E-state index contributed by atoms with van der Waals surface area (Å²) in [6.45, 7) is -1.77. The number of ether oxygens (including phenoxy) is 1. The molecule has 0 saturated carbocycles. The smallest absolute Gasteiger partial charge is 0.372 e. The van der Waals surface area contributed by atoms with E-state index in [4.69, 9.17) is 34.8 Å². The number of benzene rings is 1. The third-order valence-corrected chi connectivity index (χ3v) is 2.84. The molecular weight excluding hydrogens is 327 g/mol. The van der Waals surface area contributed by atoms with Crippen LogP contribution in [-0.4, -0.2) is 25.2 Å². The molecule has 0 N–H and O–H groups in total. The molecule has 0 spiro atoms. The Hall–Kier alpha value is -0.490. The molecule has 1 aromatic carbocycles. The minimum Gasteiger partial charge on any atom is -0.372 e. The summed E-state index contributed by atoms with van der Waals surface area (Å²) >= 11 is 17.3. The molecule has 19 heavy (non-hydrogen) atoms. The van der Waals surface area contributed by atoms with Crippen LogP contribution >= 0.6 is 34.8 Å². The van der Waals surface area contributed by atoms with Gasteiger partial charge in [-0.1, -0.05) is 34.8 Å². The Balaban J connectivity index is 2.60. The lowest BCUT2D eigenvalue weighted by Gasteiger charge is -2.09. The van der Waals surface area contributed by atoms with E-state index in [9.17, 15) is 18.0 Å². The number of halogens is 6. The monoisotopic (exact) mass is 334 g/mol. The van der Waals surface area contributed by atoms with Crippen LogP contribution in [-0.2, 0) is 4.74 Å². The van der Waals surface area contributed by atoms with Gasteiger partial charge in [0.15, 0.2) is 5.78 Å². The van der Waals surface area contributed by atoms with Crippen LogP contribution in [0.4, 0.5) is 13.2 Å². The molecule has 0 aliphatic rings. The molecule has 0 aliphatic carbocycles. The van der Waals surface area contributed by atoms with Gasteiger partial charge < -0.3 is 4.74 Å². The molecule has 0 aliphatic heterocycles. The molecule has 0 atom stereocenters. The van der Waals surface area contributed by atoms with Gasteiger partial charge in [0.1, 0.15) is 6.61 Å². The number of ketones is 1. The molecule has 106 valence electrons. The second-order valence-corrected chi connectivity index (χ2v) is 4.84. The lowest BCUT2D eigenvalue weighted by atomic mass is 10.1. The SMILES string of the molecule is O=C(CCOCC(F)(F)F)c1c(Cl)cc(Cl)cc1Cl. The number of hydrogen-bond acceptors (Lipinski definition) is 2. The fraction of sp³-hybridized carbons (Fsp3) is 0.364. The summed E-state index contributed by atoms with van der Waals surface area (Å²) in [6.07, 6.45) is -4.67. The number of hydrogen-bond donors (Lipinski definition) is 0. The molecule has 0 aromatic heterocycles. The summed E-state index contributed by atoms with van der Waals surface area (Å²) in [5.74, 6) is -0.506. The zero-order valence-electron chi connectivity index (χ0n) is 9.36. The molecule has 0 heterocycles. The summed E-state index contributed by atoms with van der Waals surface area (Å²) in [6, 6.07) is 2.66. The Morgan fingerprint density at radius 2 is 1.68 bits per heavy atom. The second kappa shape index (κ2) is 6.79. The number of carbonyl (C=O) groups is 1. The highest BCUT2D eigenvalue weighted by Gasteiger charge is 2.27. The Labute approximate surface area is 122 Å². The van der Waals surface area contributed by atoms with Gasteiger partial charge in [0.2, 0.25) is 0 Å². The van der Waals surface area contributed by atoms with Gasteiger partial charge >= 0.3 is 6.18 Å². The van der Waals surface area contributed by atoms with Crippen molar-refractivity contribution >= 4 is 40.6 Å². The number of alkyl halides is 3. The molecule has 0 radical (unpaired) electrons. The quantitative estimate of drug-likeness (QED) is 0.571. The van der Waals surface area contributed by atoms with Crippen LogP contribution < -0.4 is 0 Å². The van der Waals surface area contributed by atoms with E-state index in [-0.39, 0.29) is 33.7 Å². The van der Waals surface area contributed by atoms with Gasteiger partial charge in [-0.15, -0.1) is 0 Å². The molecular formula is C11H8Cl3F3O2. The molecule has 1 rings (SSSR count). The van der Waals surface area contributed by atoms with Gasteiger partial charge in [-0.3, -0.25) is 4.79 Å². The van der Waals surface area contributed by atoms with Crippen molar-refractivity contribution in [1.29, 1.82) is 0 Å². The summed E-state index contributed by atoms with van der Waals surface area (Å²) < 4.78 is 39.8. The third-order valence-electron chi connectivity index (χ3n) is 2.02. The van der Waals surface area contributed by atoms with E-state index >= 15 is 0 Å². The van der Waals surface area contributed by atoms with Gasteiger partial charge in [-0.05, 0) is 12.1 Å². The van der Waals surface area contributed by atoms with Gasteiger partial charge in [0.05, 0.1) is 22.2 Å². The topological polar surface area (TPSA) is 26.3 Å². The van der Waals surface area contributed by atoms with Crippen LogP contribution in [0.2, 0.25) is 15.1 Å². The first kappa shape index (κ1) is 16.6. The predicted octanol–water partition coefficient (Wildman–Crippen LogP) is 4.80. The molecule has 0 unspecified atom stereocenters. The van der Waals surface area contributed by atoms with Crippen molar-refractivity contribution in [3.05, 3.63) is 32.8 Å². The Morgan fingerprint density at radius 1 is 1.16 bits per heavy atom. The maximum absolute atomic E-state index is 11.8. The fourth-order valence-electron chi connectivity index (χ4n) is 1.29. The third kappa shape index (κ3) is 5.57. The van der Waals surface area contributed by atoms with E-state index in [0.717, 1.165) is 0 Å². The molecule has 2 nitrogen and oxygen atoms in total. The minimum atomic E-state index is -4.42. The van der Waals surface area contributed by atoms with Crippen molar-refractivity contribution in [3.8, 4) is 0 Å². The average Bonchev–Trinajstić information content (AvgIpc) is 2.21. The highest BCUT2D eigenvalue weighted by atomic mass is 35.5. The van der Waals surface area contributed by atoms with E-state index in [1.54, 1.807) is 0 Å². The molecule has 0 saturated heterocycles. The maximum atomic E-state index is 11.8. The highest BCUT2D eigenvalue weighted by molar-refractivity contribution is 6.42. The predicted molar refractivity (Wildman–Crippen MR) is 67.3 cm³/mol. The molecule has 0 bridgehead atoms. The van der Waals surface area contributed by atoms with Crippen molar-refractivity contribution in [3.63, 3.8) is 0 Å². The fourth-order valence-corrected chi connectivity index (χ4v) is 2.31. The molecule has 8 heteroatoms. The van der Waals surface area contributed by atoms with Crippen LogP contribution in [0.25, 0.3) is 0 Å². The summed E-state index contributed by atoms with van der Waals surface area (Å²) in [7, 11) is 0. The first-order valence-electron chi connectivity index (χ1n) is 5.03. The lowest BCUT2D eigenvalue weighted by molar-refractivity contribution is -0.173. The zero-order valence-corrected chi connectivity index (χ0v) is 11.6. The van der Waals surface area contributed by atoms with Crippen LogP contribution in [0.15, 0.2) is 12.1 Å². The molecule has 1 aromatic rings. The van der Waals surface area contributed by atoms with Gasteiger partial charge in [-0.2, -0.15) is 13.2 Å². The number of Topliss-reactive ketones (excluding diaryl/α,β-unsaturated/α-hetero) is 1. The largest absolute Gasteiger partial charge is 0.411 e. The van der Waals surface area contributed by atoms with Gasteiger partial charge in [0.25, 0.3) is 0 Å². The van der Waals surface area contributed by atoms with E-state index in [2.05, 4.69) is 4.74 Å². The first-order chi connectivity index (χ1) is 8.70. The first-order valence-corrected chi connectivity index (χ1v) is 6.16. The van der Waals surface area contributed by atoms with Gasteiger partial charge in [0, 0.05) is 11.4 Å². The maximum Gasteiger partial charge on any atom is 0.411 e. The Bertz CT molecular complexity index is 452. The van der Waals surface area contributed by atoms with Crippen LogP contribution in [0.3, 0.4) is 0 Å². The van der Waals surface area contributed by atoms with E-state index in [1.807, 2.05) is 0 Å². The Morgan fingerprint density at radius 3 is 2.16 bits per heavy atom. The van der Waals surface area contributed by atoms with Gasteiger partial charge in [-0.25, -0.2) is 0 Å². The minimum absolute atomic E-state index is 0.0309. The van der Waals surface area contributed by atoms with Crippen molar-refractivity contribution in [1.82, 2.24) is 0 Å². The van der Waals surface area contributed by atoms with E-state index in [1.165, 1.54) is 12.1 Å². The summed E-state index contributed by atoms with van der Waals surface area (Å²) in [5.41, 5.74) is 0.0309. The van der Waals surface area contributed by atoms with E-state index in [0.29, 0.717) is 0 Å². The number of rotatable bonds is 5. The zero-order chi connectivity index (χ0) is 14.6. The molecule has 0 amide bonds. The van der Waals surface area contributed by atoms with Crippen molar-refractivity contribution in [2.24, 2.45) is 0 Å². The average molecular weight is 336 g/mol. The van der Waals surface area contributed by atoms with Crippen molar-refractivity contribution < 1.29 is 22.7 Å². The highest BCUT2D eigenvalue weighted by Crippen LogP contribution is 2.30. The van der Waals surface area contributed by atoms with Crippen LogP contribution in [0, 0.1) is 0 Å². The van der Waals surface area contributed by atoms with Crippen molar-refractivity contribution in [2.75, 3.05) is 13.2 Å². The lowest BCUT2D eigenvalue weighted by Crippen LogP contribution is -2.18. The number of carbonyl (C=O) groups excluding carboxylic acids is 1. The van der Waals surface area contributed by atoms with Crippen LogP contribution in [0.5, 0.6) is 0 Å². The standard InChI is InChI=1S/C11H8Cl3F3O2/c12-6-3-7(13)10(8(14)4-6)9(18)1-2-19-5-11(15,16)17/h3-4H,1-2,5H2. The van der Waals surface area contributed by atoms with E-state index < -0.39 is 18.6 Å². The normalized spacial score (nSPS) is 11.7. The Kier molecular flexibility index (Phi) is 5.92. The summed E-state index contributed by atoms with van der Waals surface area (Å²) in [4.78, 5) is 11.7. The second-order valence-electron chi connectivity index (χ2n) is 3.59. The molecule has 0 fully saturated rings. The van der Waals surface area contributed by atoms with Crippen molar-refractivity contribution in [2.45, 2.75) is 12.6 Å². The van der Waals surface area contributed by atoms with Crippen LogP contribution in [0.1, 0.15) is 16.8 Å². The summed E-state index contributed by atoms with van der Waals surface area (Å²) in [5, 5.41) is 0.372.